The lowest BCUT2D eigenvalue weighted by Crippen LogP contribution is -2.41. The van der Waals surface area contributed by atoms with Gasteiger partial charge in [0.15, 0.2) is 5.65 Å². The molecule has 0 radical (unpaired) electrons. The Morgan fingerprint density at radius 1 is 1.11 bits per heavy atom. The molecule has 1 saturated heterocycles. The number of amides is 2. The summed E-state index contributed by atoms with van der Waals surface area (Å²) in [6.07, 6.45) is 3.60. The van der Waals surface area contributed by atoms with E-state index in [1.54, 1.807) is 4.52 Å². The third-order valence-corrected chi connectivity index (χ3v) is 7.98. The van der Waals surface area contributed by atoms with E-state index in [1.165, 1.54) is 34.8 Å². The van der Waals surface area contributed by atoms with E-state index in [2.05, 4.69) is 27.0 Å². The lowest BCUT2D eigenvalue weighted by atomic mass is 10.1. The maximum atomic E-state index is 12.6. The van der Waals surface area contributed by atoms with Gasteiger partial charge in [-0.2, -0.15) is 14.7 Å². The van der Waals surface area contributed by atoms with Crippen LogP contribution in [0.2, 0.25) is 0 Å². The molecule has 182 valence electrons. The van der Waals surface area contributed by atoms with E-state index >= 15 is 0 Å². The second-order valence-corrected chi connectivity index (χ2v) is 10.2. The zero-order valence-corrected chi connectivity index (χ0v) is 20.2. The first kappa shape index (κ1) is 24.3. The van der Waals surface area contributed by atoms with Crippen LogP contribution in [0.15, 0.2) is 35.4 Å². The summed E-state index contributed by atoms with van der Waals surface area (Å²) in [7, 11) is -3.56. The average molecular weight is 496 g/mol. The summed E-state index contributed by atoms with van der Waals surface area (Å²) in [4.78, 5) is 29.3. The molecule has 4 rings (SSSR count). The van der Waals surface area contributed by atoms with E-state index in [-0.39, 0.29) is 16.9 Å². The van der Waals surface area contributed by atoms with Crippen molar-refractivity contribution in [3.8, 4) is 6.07 Å². The lowest BCUT2D eigenvalue weighted by Gasteiger charge is -2.15. The molecule has 35 heavy (non-hydrogen) atoms. The number of aromatic nitrogens is 3. The topological polar surface area (TPSA) is 150 Å². The van der Waals surface area contributed by atoms with Crippen LogP contribution in [-0.4, -0.2) is 52.2 Å². The number of hydrogen-bond donors (Lipinski definition) is 2. The van der Waals surface area contributed by atoms with Crippen molar-refractivity contribution in [3.05, 3.63) is 58.5 Å². The maximum absolute atomic E-state index is 12.6. The Bertz CT molecular complexity index is 1430. The third kappa shape index (κ3) is 4.87. The quantitative estimate of drug-likeness (QED) is 0.491. The van der Waals surface area contributed by atoms with Crippen LogP contribution < -0.4 is 10.9 Å². The van der Waals surface area contributed by atoms with Crippen LogP contribution in [0.25, 0.3) is 5.65 Å². The first-order valence-electron chi connectivity index (χ1n) is 11.2. The number of carbonyl (C=O) groups is 2. The SMILES string of the molecule is Cc1nc2c(C#N)cnn2c(C)c1CCC(=O)NNC(=O)c1ccc(S(=O)(=O)N2CCCC2)cc1. The molecule has 12 heteroatoms. The normalized spacial score (nSPS) is 14.1. The van der Waals surface area contributed by atoms with Gasteiger partial charge in [-0.05, 0) is 62.9 Å². The van der Waals surface area contributed by atoms with Gasteiger partial charge in [-0.15, -0.1) is 0 Å². The van der Waals surface area contributed by atoms with Crippen LogP contribution in [-0.2, 0) is 21.2 Å². The predicted octanol–water partition coefficient (Wildman–Crippen LogP) is 1.40. The van der Waals surface area contributed by atoms with Crippen LogP contribution in [0.4, 0.5) is 0 Å². The summed E-state index contributed by atoms with van der Waals surface area (Å²) in [6, 6.07) is 7.67. The van der Waals surface area contributed by atoms with Gasteiger partial charge in [0, 0.05) is 36.5 Å². The van der Waals surface area contributed by atoms with Gasteiger partial charge in [-0.3, -0.25) is 20.4 Å². The van der Waals surface area contributed by atoms with Crippen molar-refractivity contribution in [2.24, 2.45) is 0 Å². The minimum Gasteiger partial charge on any atom is -0.273 e. The van der Waals surface area contributed by atoms with Crippen LogP contribution in [0, 0.1) is 25.2 Å². The minimum atomic E-state index is -3.56. The Labute approximate surface area is 202 Å². The molecule has 1 aliphatic heterocycles. The van der Waals surface area contributed by atoms with Gasteiger partial charge in [0.05, 0.1) is 11.1 Å². The number of benzene rings is 1. The van der Waals surface area contributed by atoms with E-state index in [0.29, 0.717) is 36.4 Å². The fraction of sp³-hybridized carbons (Fsp3) is 0.348. The molecule has 1 fully saturated rings. The number of carbonyl (C=O) groups excluding carboxylic acids is 2. The number of nitriles is 1. The summed E-state index contributed by atoms with van der Waals surface area (Å²) in [5.74, 6) is -0.955. The van der Waals surface area contributed by atoms with Gasteiger partial charge in [-0.1, -0.05) is 0 Å². The standard InChI is InChI=1S/C23H25N7O4S/c1-15-20(16(2)30-22(26-15)18(13-24)14-25-30)9-10-21(31)27-28-23(32)17-5-7-19(8-6-17)35(33,34)29-11-3-4-12-29/h5-8,14H,3-4,9-12H2,1-2H3,(H,27,31)(H,28,32). The smallest absolute Gasteiger partial charge is 0.269 e. The van der Waals surface area contributed by atoms with Gasteiger partial charge < -0.3 is 0 Å². The molecule has 3 heterocycles. The molecule has 3 aromatic rings. The first-order valence-corrected chi connectivity index (χ1v) is 12.6. The molecule has 1 aromatic carbocycles. The van der Waals surface area contributed by atoms with Crippen LogP contribution in [0.5, 0.6) is 0 Å². The molecule has 0 atom stereocenters. The molecule has 2 aromatic heterocycles. The molecule has 11 nitrogen and oxygen atoms in total. The van der Waals surface area contributed by atoms with Crippen molar-refractivity contribution in [1.82, 2.24) is 29.8 Å². The highest BCUT2D eigenvalue weighted by Gasteiger charge is 2.27. The average Bonchev–Trinajstić information content (AvgIpc) is 3.53. The van der Waals surface area contributed by atoms with E-state index < -0.39 is 21.8 Å². The molecule has 0 spiro atoms. The van der Waals surface area contributed by atoms with Crippen molar-refractivity contribution in [1.29, 1.82) is 5.26 Å². The highest BCUT2D eigenvalue weighted by molar-refractivity contribution is 7.89. The lowest BCUT2D eigenvalue weighted by molar-refractivity contribution is -0.121. The van der Waals surface area contributed by atoms with Crippen molar-refractivity contribution in [2.75, 3.05) is 13.1 Å². The Morgan fingerprint density at radius 2 is 1.80 bits per heavy atom. The fourth-order valence-corrected chi connectivity index (χ4v) is 5.62. The van der Waals surface area contributed by atoms with Gasteiger partial charge in [0.25, 0.3) is 5.91 Å². The third-order valence-electron chi connectivity index (χ3n) is 6.07. The fourth-order valence-electron chi connectivity index (χ4n) is 4.11. The molecule has 0 aliphatic carbocycles. The van der Waals surface area contributed by atoms with Crippen molar-refractivity contribution in [3.63, 3.8) is 0 Å². The van der Waals surface area contributed by atoms with Crippen molar-refractivity contribution >= 4 is 27.5 Å². The number of rotatable bonds is 6. The van der Waals surface area contributed by atoms with Crippen LogP contribution in [0.1, 0.15) is 52.1 Å². The zero-order valence-electron chi connectivity index (χ0n) is 19.4. The Morgan fingerprint density at radius 3 is 2.46 bits per heavy atom. The van der Waals surface area contributed by atoms with Crippen LogP contribution >= 0.6 is 0 Å². The largest absolute Gasteiger partial charge is 0.273 e. The number of hydrazine groups is 1. The number of nitrogens with one attached hydrogen (secondary N) is 2. The van der Waals surface area contributed by atoms with Gasteiger partial charge >= 0.3 is 0 Å². The highest BCUT2D eigenvalue weighted by atomic mass is 32.2. The second-order valence-electron chi connectivity index (χ2n) is 8.30. The molecular formula is C23H25N7O4S. The van der Waals surface area contributed by atoms with Gasteiger partial charge in [0.1, 0.15) is 11.6 Å². The molecular weight excluding hydrogens is 470 g/mol. The minimum absolute atomic E-state index is 0.0918. The summed E-state index contributed by atoms with van der Waals surface area (Å²) in [6.45, 7) is 4.66. The Kier molecular flexibility index (Phi) is 6.81. The van der Waals surface area contributed by atoms with E-state index in [1.807, 2.05) is 13.8 Å². The molecule has 1 aliphatic rings. The Balaban J connectivity index is 1.34. The number of hydrogen-bond acceptors (Lipinski definition) is 7. The van der Waals surface area contributed by atoms with E-state index in [0.717, 1.165) is 24.1 Å². The first-order chi connectivity index (χ1) is 16.7. The number of sulfonamides is 1. The predicted molar refractivity (Wildman–Crippen MR) is 126 cm³/mol. The van der Waals surface area contributed by atoms with Crippen molar-refractivity contribution in [2.45, 2.75) is 44.4 Å². The van der Waals surface area contributed by atoms with Crippen LogP contribution in [0.3, 0.4) is 0 Å². The Hall–Kier alpha value is -3.82. The maximum Gasteiger partial charge on any atom is 0.269 e. The van der Waals surface area contributed by atoms with Gasteiger partial charge in [-0.25, -0.2) is 17.9 Å². The van der Waals surface area contributed by atoms with Gasteiger partial charge in [0.2, 0.25) is 15.9 Å². The zero-order chi connectivity index (χ0) is 25.2. The monoisotopic (exact) mass is 495 g/mol. The highest BCUT2D eigenvalue weighted by Crippen LogP contribution is 2.21. The molecule has 0 saturated carbocycles. The molecule has 2 amide bonds. The number of aryl methyl sites for hydroxylation is 2. The van der Waals surface area contributed by atoms with E-state index in [9.17, 15) is 23.3 Å². The summed E-state index contributed by atoms with van der Waals surface area (Å²) in [5.41, 5.74) is 8.13. The summed E-state index contributed by atoms with van der Waals surface area (Å²) >= 11 is 0. The second kappa shape index (κ2) is 9.81. The molecule has 0 unspecified atom stereocenters. The molecule has 0 bridgehead atoms. The number of fused-ring (bicyclic) bond motifs is 1. The summed E-state index contributed by atoms with van der Waals surface area (Å²) < 4.78 is 28.2. The molecule has 2 N–H and O–H groups in total. The van der Waals surface area contributed by atoms with E-state index in [4.69, 9.17) is 0 Å². The number of nitrogens with zero attached hydrogens (tertiary/aromatic N) is 5. The van der Waals surface area contributed by atoms with Crippen molar-refractivity contribution < 1.29 is 18.0 Å². The summed E-state index contributed by atoms with van der Waals surface area (Å²) in [5, 5.41) is 13.4.